The van der Waals surface area contributed by atoms with E-state index >= 15 is 0 Å². The van der Waals surface area contributed by atoms with Crippen LogP contribution in [0, 0.1) is 11.8 Å². The molecule has 0 radical (unpaired) electrons. The lowest BCUT2D eigenvalue weighted by atomic mass is 9.88. The molecule has 4 saturated heterocycles. The predicted molar refractivity (Wildman–Crippen MR) is 143 cm³/mol. The molecule has 2 bridgehead atoms. The van der Waals surface area contributed by atoms with Gasteiger partial charge in [0.2, 0.25) is 0 Å². The molecule has 11 nitrogen and oxygen atoms in total. The number of aliphatic hydroxyl groups excluding tert-OH is 3. The van der Waals surface area contributed by atoms with Gasteiger partial charge in [-0.05, 0) is 58.4 Å². The summed E-state index contributed by atoms with van der Waals surface area (Å²) in [5, 5.41) is 33.5. The van der Waals surface area contributed by atoms with Crippen molar-refractivity contribution in [2.45, 2.75) is 159 Å². The largest absolute Gasteiger partial charge is 0.394 e. The summed E-state index contributed by atoms with van der Waals surface area (Å²) in [4.78, 5) is 0. The molecule has 1 aliphatic carbocycles. The Morgan fingerprint density at radius 2 is 1.57 bits per heavy atom. The van der Waals surface area contributed by atoms with Crippen LogP contribution in [0.2, 0.25) is 0 Å². The van der Waals surface area contributed by atoms with Gasteiger partial charge in [0.25, 0.3) is 0 Å². The predicted octanol–water partition coefficient (Wildman–Crippen LogP) is 1.79. The van der Waals surface area contributed by atoms with Gasteiger partial charge >= 0.3 is 0 Å². The smallest absolute Gasteiger partial charge is 0.161 e. The fourth-order valence-corrected chi connectivity index (χ4v) is 7.47. The first-order chi connectivity index (χ1) is 19.3. The molecule has 5 rings (SSSR count). The minimum absolute atomic E-state index is 0.0204. The van der Waals surface area contributed by atoms with Gasteiger partial charge in [0.1, 0.15) is 12.2 Å². The normalized spacial score (nSPS) is 49.7. The molecule has 5 aliphatic rings. The third-order valence-electron chi connectivity index (χ3n) is 9.45. The third kappa shape index (κ3) is 7.19. The molecule has 0 aromatic carbocycles. The molecular weight excluding hydrogens is 522 g/mol. The van der Waals surface area contributed by atoms with E-state index in [1.807, 2.05) is 20.9 Å². The summed E-state index contributed by atoms with van der Waals surface area (Å²) in [5.74, 6) is 0.366. The molecule has 4 N–H and O–H groups in total. The van der Waals surface area contributed by atoms with Crippen molar-refractivity contribution in [1.82, 2.24) is 5.32 Å². The Morgan fingerprint density at radius 1 is 0.825 bits per heavy atom. The highest BCUT2D eigenvalue weighted by Crippen LogP contribution is 2.43. The summed E-state index contributed by atoms with van der Waals surface area (Å²) in [5.41, 5.74) is 0. The molecule has 1 saturated carbocycles. The monoisotopic (exact) mass is 573 g/mol. The maximum absolute atomic E-state index is 10.5. The first-order valence-electron chi connectivity index (χ1n) is 15.5. The molecule has 4 aliphatic heterocycles. The van der Waals surface area contributed by atoms with Crippen LogP contribution >= 0.6 is 0 Å². The number of aliphatic hydroxyl groups is 3. The minimum Gasteiger partial charge on any atom is -0.394 e. The Morgan fingerprint density at radius 3 is 2.30 bits per heavy atom. The highest BCUT2D eigenvalue weighted by molar-refractivity contribution is 4.93. The van der Waals surface area contributed by atoms with Crippen molar-refractivity contribution in [1.29, 1.82) is 0 Å². The van der Waals surface area contributed by atoms with E-state index in [0.717, 1.165) is 38.5 Å². The second kappa shape index (κ2) is 13.9. The highest BCUT2D eigenvalue weighted by atomic mass is 16.7. The summed E-state index contributed by atoms with van der Waals surface area (Å²) >= 11 is 0. The number of fused-ring (bicyclic) bond motifs is 2. The van der Waals surface area contributed by atoms with Crippen LogP contribution in [0.4, 0.5) is 0 Å². The summed E-state index contributed by atoms with van der Waals surface area (Å²) in [6.45, 7) is 5.83. The lowest BCUT2D eigenvalue weighted by Crippen LogP contribution is -2.55. The van der Waals surface area contributed by atoms with Crippen molar-refractivity contribution in [3.8, 4) is 0 Å². The van der Waals surface area contributed by atoms with Crippen LogP contribution in [0.25, 0.3) is 0 Å². The third-order valence-corrected chi connectivity index (χ3v) is 9.45. The van der Waals surface area contributed by atoms with Gasteiger partial charge in [0.05, 0.1) is 43.2 Å². The quantitative estimate of drug-likeness (QED) is 0.304. The fraction of sp³-hybridized carbons (Fsp3) is 1.00. The van der Waals surface area contributed by atoms with Crippen LogP contribution < -0.4 is 5.32 Å². The molecule has 0 amide bonds. The molecule has 4 heterocycles. The van der Waals surface area contributed by atoms with Crippen LogP contribution in [0.1, 0.15) is 78.6 Å². The summed E-state index contributed by atoms with van der Waals surface area (Å²) in [7, 11) is 1.87. The van der Waals surface area contributed by atoms with Gasteiger partial charge in [0, 0.05) is 31.7 Å². The SMILES string of the molecule is CCC[C@@H]1C[C@H](O[C@H]2[C@H]3CC[C@@H]2O[C@@H](OC2C[C@H](O[C@H]4[C@@H](NC)C[C@H](O)O[C@H]4C)O[C@H](C)C2)C3)O[C@H](CO)[C@@H]1O. The van der Waals surface area contributed by atoms with Gasteiger partial charge in [0.15, 0.2) is 25.2 Å². The van der Waals surface area contributed by atoms with E-state index in [2.05, 4.69) is 12.2 Å². The van der Waals surface area contributed by atoms with Gasteiger partial charge < -0.3 is 53.8 Å². The van der Waals surface area contributed by atoms with Crippen molar-refractivity contribution < 1.29 is 48.5 Å². The standard InChI is InChI=1S/C29H51NO10/c1-5-6-17-10-25(38-22(14-31)27(17)33)40-29-18-7-8-21(29)37-24(11-18)36-19-9-15(2)34-26(12-19)39-28-16(3)35-23(32)13-20(28)30-4/h15-33H,5-14H2,1-4H3/t15-,16+,17-,18+,19?,20+,21+,22-,23-,24-,25+,26+,27-,28-,29+/m1/s1. The van der Waals surface area contributed by atoms with Gasteiger partial charge in [-0.25, -0.2) is 0 Å². The maximum atomic E-state index is 10.5. The van der Waals surface area contributed by atoms with E-state index in [-0.39, 0.29) is 61.5 Å². The van der Waals surface area contributed by atoms with Crippen molar-refractivity contribution in [3.63, 3.8) is 0 Å². The molecule has 1 unspecified atom stereocenters. The van der Waals surface area contributed by atoms with E-state index < -0.39 is 31.1 Å². The zero-order valence-electron chi connectivity index (χ0n) is 24.4. The van der Waals surface area contributed by atoms with Crippen LogP contribution in [0.3, 0.4) is 0 Å². The lowest BCUT2D eigenvalue weighted by Gasteiger charge is -2.44. The Balaban J connectivity index is 1.13. The number of ether oxygens (including phenoxy) is 7. The van der Waals surface area contributed by atoms with Gasteiger partial charge in [-0.15, -0.1) is 0 Å². The van der Waals surface area contributed by atoms with Crippen molar-refractivity contribution in [2.75, 3.05) is 13.7 Å². The summed E-state index contributed by atoms with van der Waals surface area (Å²) in [6.07, 6.45) is 2.98. The van der Waals surface area contributed by atoms with Crippen LogP contribution in [-0.2, 0) is 33.2 Å². The zero-order valence-corrected chi connectivity index (χ0v) is 24.4. The van der Waals surface area contributed by atoms with Crippen molar-refractivity contribution in [2.24, 2.45) is 11.8 Å². The van der Waals surface area contributed by atoms with Gasteiger partial charge in [-0.2, -0.15) is 0 Å². The Bertz CT molecular complexity index is 778. The van der Waals surface area contributed by atoms with Crippen molar-refractivity contribution >= 4 is 0 Å². The minimum atomic E-state index is -0.800. The first kappa shape index (κ1) is 31.0. The molecule has 0 aromatic heterocycles. The number of hydrogen-bond acceptors (Lipinski definition) is 11. The van der Waals surface area contributed by atoms with Crippen LogP contribution in [0.15, 0.2) is 0 Å². The molecule has 0 aromatic rings. The summed E-state index contributed by atoms with van der Waals surface area (Å²) < 4.78 is 43.5. The molecule has 40 heavy (non-hydrogen) atoms. The molecule has 11 heteroatoms. The van der Waals surface area contributed by atoms with Gasteiger partial charge in [-0.3, -0.25) is 0 Å². The first-order valence-corrected chi connectivity index (χ1v) is 15.5. The number of hydrogen-bond donors (Lipinski definition) is 4. The lowest BCUT2D eigenvalue weighted by molar-refractivity contribution is -0.315. The average Bonchev–Trinajstić information content (AvgIpc) is 3.13. The van der Waals surface area contributed by atoms with Crippen molar-refractivity contribution in [3.05, 3.63) is 0 Å². The van der Waals surface area contributed by atoms with Gasteiger partial charge in [-0.1, -0.05) is 13.3 Å². The fourth-order valence-electron chi connectivity index (χ4n) is 7.47. The molecular formula is C29H51NO10. The van der Waals surface area contributed by atoms with Crippen LogP contribution in [-0.4, -0.2) is 109 Å². The number of rotatable bonds is 10. The number of nitrogens with one attached hydrogen (secondary N) is 1. The Kier molecular flexibility index (Phi) is 10.8. The molecule has 5 fully saturated rings. The maximum Gasteiger partial charge on any atom is 0.161 e. The highest BCUT2D eigenvalue weighted by Gasteiger charge is 2.49. The topological polar surface area (TPSA) is 137 Å². The second-order valence-electron chi connectivity index (χ2n) is 12.5. The van der Waals surface area contributed by atoms with Crippen LogP contribution in [0.5, 0.6) is 0 Å². The average molecular weight is 574 g/mol. The Hall–Kier alpha value is -0.440. The molecule has 232 valence electrons. The zero-order chi connectivity index (χ0) is 28.4. The summed E-state index contributed by atoms with van der Waals surface area (Å²) in [6, 6.07) is -0.0329. The molecule has 0 spiro atoms. The molecule has 15 atom stereocenters. The van der Waals surface area contributed by atoms with E-state index in [4.69, 9.17) is 33.2 Å². The number of likely N-dealkylation sites (N-methyl/N-ethyl adjacent to an activating group) is 1. The van der Waals surface area contributed by atoms with E-state index in [1.54, 1.807) is 0 Å². The van der Waals surface area contributed by atoms with E-state index in [9.17, 15) is 15.3 Å². The van der Waals surface area contributed by atoms with E-state index in [0.29, 0.717) is 25.2 Å². The second-order valence-corrected chi connectivity index (χ2v) is 12.5. The Labute approximate surface area is 238 Å². The van der Waals surface area contributed by atoms with E-state index in [1.165, 1.54) is 0 Å².